The highest BCUT2D eigenvalue weighted by atomic mass is 127. The van der Waals surface area contributed by atoms with Gasteiger partial charge in [0, 0.05) is 11.3 Å². The fraction of sp³-hybridized carbons (Fsp3) is 0.120. The maximum absolute atomic E-state index is 13.9. The molecular weight excluding hydrogens is 522 g/mol. The second kappa shape index (κ2) is 11.3. The molecule has 7 heteroatoms. The third kappa shape index (κ3) is 6.08. The van der Waals surface area contributed by atoms with Crippen LogP contribution >= 0.6 is 22.6 Å². The molecule has 0 saturated heterocycles. The van der Waals surface area contributed by atoms with E-state index in [0.717, 1.165) is 0 Å². The number of rotatable bonds is 8. The van der Waals surface area contributed by atoms with Gasteiger partial charge in [-0.2, -0.15) is 5.26 Å². The SMILES string of the molecule is CCOc1cc(/C=C(\C#N)C(=O)Nc2ccccc2)cc(I)c1OCc1ccccc1F. The van der Waals surface area contributed by atoms with Crippen molar-refractivity contribution >= 4 is 40.3 Å². The van der Waals surface area contributed by atoms with E-state index in [2.05, 4.69) is 27.9 Å². The monoisotopic (exact) mass is 542 g/mol. The summed E-state index contributed by atoms with van der Waals surface area (Å²) in [7, 11) is 0. The number of carbonyl (C=O) groups is 1. The van der Waals surface area contributed by atoms with Crippen LogP contribution in [0.25, 0.3) is 6.08 Å². The van der Waals surface area contributed by atoms with Crippen LogP contribution in [0.4, 0.5) is 10.1 Å². The molecule has 0 aromatic heterocycles. The summed E-state index contributed by atoms with van der Waals surface area (Å²) >= 11 is 2.09. The molecule has 162 valence electrons. The smallest absolute Gasteiger partial charge is 0.266 e. The van der Waals surface area contributed by atoms with Crippen molar-refractivity contribution in [2.24, 2.45) is 0 Å². The van der Waals surface area contributed by atoms with Crippen LogP contribution < -0.4 is 14.8 Å². The summed E-state index contributed by atoms with van der Waals surface area (Å²) in [6, 6.07) is 20.7. The third-order valence-corrected chi connectivity index (χ3v) is 5.17. The summed E-state index contributed by atoms with van der Waals surface area (Å²) < 4.78 is 26.2. The molecule has 0 heterocycles. The number of halogens is 2. The minimum Gasteiger partial charge on any atom is -0.490 e. The van der Waals surface area contributed by atoms with E-state index in [1.807, 2.05) is 19.1 Å². The lowest BCUT2D eigenvalue weighted by Crippen LogP contribution is -2.13. The van der Waals surface area contributed by atoms with E-state index in [4.69, 9.17) is 9.47 Å². The zero-order chi connectivity index (χ0) is 22.9. The standard InChI is InChI=1S/C25H20FIN2O3/c1-2-31-23-14-17(12-19(15-28)25(30)29-20-9-4-3-5-10-20)13-22(27)24(23)32-16-18-8-6-7-11-21(18)26/h3-14H,2,16H2,1H3,(H,29,30)/b19-12+. The molecule has 3 aromatic carbocycles. The lowest BCUT2D eigenvalue weighted by molar-refractivity contribution is -0.112. The van der Waals surface area contributed by atoms with Gasteiger partial charge in [-0.3, -0.25) is 4.79 Å². The number of anilines is 1. The number of ether oxygens (including phenoxy) is 2. The molecule has 0 fully saturated rings. The van der Waals surface area contributed by atoms with E-state index in [-0.39, 0.29) is 18.0 Å². The minimum atomic E-state index is -0.508. The van der Waals surface area contributed by atoms with Gasteiger partial charge in [-0.25, -0.2) is 4.39 Å². The highest BCUT2D eigenvalue weighted by molar-refractivity contribution is 14.1. The number of hydrogen-bond donors (Lipinski definition) is 1. The minimum absolute atomic E-state index is 0.0425. The van der Waals surface area contributed by atoms with Gasteiger partial charge < -0.3 is 14.8 Å². The zero-order valence-corrected chi connectivity index (χ0v) is 19.4. The number of nitriles is 1. The normalized spacial score (nSPS) is 10.9. The fourth-order valence-electron chi connectivity index (χ4n) is 2.87. The van der Waals surface area contributed by atoms with Gasteiger partial charge in [0.25, 0.3) is 5.91 Å². The van der Waals surface area contributed by atoms with Crippen molar-refractivity contribution in [3.05, 3.63) is 92.8 Å². The van der Waals surface area contributed by atoms with Crippen molar-refractivity contribution in [2.75, 3.05) is 11.9 Å². The molecule has 0 saturated carbocycles. The molecule has 1 N–H and O–H groups in total. The molecule has 0 unspecified atom stereocenters. The van der Waals surface area contributed by atoms with Gasteiger partial charge in [0.15, 0.2) is 11.5 Å². The van der Waals surface area contributed by atoms with Crippen molar-refractivity contribution < 1.29 is 18.7 Å². The van der Waals surface area contributed by atoms with Crippen LogP contribution in [0.15, 0.2) is 72.3 Å². The fourth-order valence-corrected chi connectivity index (χ4v) is 3.66. The van der Waals surface area contributed by atoms with E-state index in [0.29, 0.717) is 38.5 Å². The van der Waals surface area contributed by atoms with Crippen molar-refractivity contribution in [1.29, 1.82) is 5.26 Å². The van der Waals surface area contributed by atoms with Crippen molar-refractivity contribution in [1.82, 2.24) is 0 Å². The Kier molecular flexibility index (Phi) is 8.22. The molecule has 32 heavy (non-hydrogen) atoms. The van der Waals surface area contributed by atoms with Crippen LogP contribution in [0, 0.1) is 20.7 Å². The Hall–Kier alpha value is -3.38. The molecule has 0 bridgehead atoms. The molecule has 0 aliphatic heterocycles. The third-order valence-electron chi connectivity index (χ3n) is 4.37. The summed E-state index contributed by atoms with van der Waals surface area (Å²) in [5, 5.41) is 12.2. The first-order chi connectivity index (χ1) is 15.5. The zero-order valence-electron chi connectivity index (χ0n) is 17.3. The number of nitrogens with zero attached hydrogens (tertiary/aromatic N) is 1. The van der Waals surface area contributed by atoms with Crippen molar-refractivity contribution in [3.8, 4) is 17.6 Å². The Morgan fingerprint density at radius 2 is 1.84 bits per heavy atom. The van der Waals surface area contributed by atoms with Crippen molar-refractivity contribution in [2.45, 2.75) is 13.5 Å². The van der Waals surface area contributed by atoms with Crippen LogP contribution in [0.2, 0.25) is 0 Å². The number of benzene rings is 3. The van der Waals surface area contributed by atoms with E-state index in [1.165, 1.54) is 12.1 Å². The van der Waals surface area contributed by atoms with Gasteiger partial charge in [-0.1, -0.05) is 36.4 Å². The lowest BCUT2D eigenvalue weighted by Gasteiger charge is -2.15. The van der Waals surface area contributed by atoms with E-state index in [1.54, 1.807) is 54.6 Å². The molecule has 0 radical (unpaired) electrons. The maximum atomic E-state index is 13.9. The largest absolute Gasteiger partial charge is 0.490 e. The molecule has 0 atom stereocenters. The van der Waals surface area contributed by atoms with Gasteiger partial charge >= 0.3 is 0 Å². The predicted octanol–water partition coefficient (Wildman–Crippen LogP) is 5.95. The first-order valence-corrected chi connectivity index (χ1v) is 10.9. The molecule has 3 rings (SSSR count). The van der Waals surface area contributed by atoms with Crippen molar-refractivity contribution in [3.63, 3.8) is 0 Å². The van der Waals surface area contributed by atoms with E-state index in [9.17, 15) is 14.4 Å². The number of para-hydroxylation sites is 1. The first-order valence-electron chi connectivity index (χ1n) is 9.82. The molecule has 0 aliphatic rings. The maximum Gasteiger partial charge on any atom is 0.266 e. The molecule has 0 spiro atoms. The van der Waals surface area contributed by atoms with Crippen LogP contribution in [0.1, 0.15) is 18.1 Å². The average Bonchev–Trinajstić information content (AvgIpc) is 2.79. The lowest BCUT2D eigenvalue weighted by atomic mass is 10.1. The number of nitrogens with one attached hydrogen (secondary N) is 1. The van der Waals surface area contributed by atoms with Crippen LogP contribution in [0.5, 0.6) is 11.5 Å². The summed E-state index contributed by atoms with van der Waals surface area (Å²) in [4.78, 5) is 12.5. The summed E-state index contributed by atoms with van der Waals surface area (Å²) in [6.45, 7) is 2.27. The first kappa shape index (κ1) is 23.3. The summed E-state index contributed by atoms with van der Waals surface area (Å²) in [5.41, 5.74) is 1.59. The van der Waals surface area contributed by atoms with Gasteiger partial charge in [0.05, 0.1) is 10.2 Å². The molecule has 3 aromatic rings. The Balaban J connectivity index is 1.86. The topological polar surface area (TPSA) is 71.3 Å². The summed E-state index contributed by atoms with van der Waals surface area (Å²) in [6.07, 6.45) is 1.49. The van der Waals surface area contributed by atoms with E-state index >= 15 is 0 Å². The second-order valence-corrected chi connectivity index (χ2v) is 7.80. The van der Waals surface area contributed by atoms with Gasteiger partial charge in [-0.15, -0.1) is 0 Å². The van der Waals surface area contributed by atoms with E-state index < -0.39 is 5.91 Å². The highest BCUT2D eigenvalue weighted by Crippen LogP contribution is 2.35. The Morgan fingerprint density at radius 3 is 2.53 bits per heavy atom. The van der Waals surface area contributed by atoms with Crippen LogP contribution in [-0.2, 0) is 11.4 Å². The predicted molar refractivity (Wildman–Crippen MR) is 130 cm³/mol. The Bertz CT molecular complexity index is 1170. The van der Waals surface area contributed by atoms with Crippen LogP contribution in [0.3, 0.4) is 0 Å². The highest BCUT2D eigenvalue weighted by Gasteiger charge is 2.15. The van der Waals surface area contributed by atoms with Gasteiger partial charge in [0.1, 0.15) is 24.1 Å². The molecule has 0 aliphatic carbocycles. The van der Waals surface area contributed by atoms with Gasteiger partial charge in [-0.05, 0) is 71.5 Å². The molecule has 1 amide bonds. The Morgan fingerprint density at radius 1 is 1.12 bits per heavy atom. The number of amides is 1. The number of carbonyl (C=O) groups excluding carboxylic acids is 1. The quantitative estimate of drug-likeness (QED) is 0.217. The second-order valence-electron chi connectivity index (χ2n) is 6.63. The summed E-state index contributed by atoms with van der Waals surface area (Å²) in [5.74, 6) is 0.0671. The molecular formula is C25H20FIN2O3. The average molecular weight is 542 g/mol. The van der Waals surface area contributed by atoms with Gasteiger partial charge in [0.2, 0.25) is 0 Å². The Labute approximate surface area is 199 Å². The van der Waals surface area contributed by atoms with Crippen LogP contribution in [-0.4, -0.2) is 12.5 Å². The number of hydrogen-bond acceptors (Lipinski definition) is 4. The molecule has 5 nitrogen and oxygen atoms in total.